The zero-order valence-electron chi connectivity index (χ0n) is 17.5. The number of hydrogen-bond donors (Lipinski definition) is 1. The third kappa shape index (κ3) is 4.30. The molecule has 2 atom stereocenters. The lowest BCUT2D eigenvalue weighted by molar-refractivity contribution is -0.217. The van der Waals surface area contributed by atoms with E-state index in [0.717, 1.165) is 30.1 Å². The summed E-state index contributed by atoms with van der Waals surface area (Å²) in [6.07, 6.45) is -5.48. The Bertz CT molecular complexity index is 1100. The Labute approximate surface area is 186 Å². The van der Waals surface area contributed by atoms with E-state index in [2.05, 4.69) is 9.84 Å². The van der Waals surface area contributed by atoms with Gasteiger partial charge in [0.15, 0.2) is 0 Å². The van der Waals surface area contributed by atoms with Crippen molar-refractivity contribution in [2.24, 2.45) is 11.0 Å². The van der Waals surface area contributed by atoms with Gasteiger partial charge >= 0.3 is 12.1 Å². The van der Waals surface area contributed by atoms with Crippen LogP contribution in [-0.2, 0) is 14.3 Å². The molecule has 7 nitrogen and oxygen atoms in total. The highest BCUT2D eigenvalue weighted by atomic mass is 19.4. The van der Waals surface area contributed by atoms with Crippen LogP contribution in [0.15, 0.2) is 59.7 Å². The summed E-state index contributed by atoms with van der Waals surface area (Å²) in [6.45, 7) is 1.96. The number of carbonyl (C=O) groups is 3. The van der Waals surface area contributed by atoms with Crippen molar-refractivity contribution in [3.05, 3.63) is 66.0 Å². The van der Waals surface area contributed by atoms with Crippen molar-refractivity contribution >= 4 is 29.2 Å². The van der Waals surface area contributed by atoms with E-state index in [1.807, 2.05) is 0 Å². The van der Waals surface area contributed by atoms with Crippen LogP contribution in [0.25, 0.3) is 0 Å². The van der Waals surface area contributed by atoms with Crippen LogP contribution in [0.1, 0.15) is 24.2 Å². The number of carbonyl (C=O) groups excluding carboxylic acids is 3. The second kappa shape index (κ2) is 9.00. The van der Waals surface area contributed by atoms with Gasteiger partial charge in [-0.3, -0.25) is 9.59 Å². The number of amides is 2. The van der Waals surface area contributed by atoms with Crippen LogP contribution in [-0.4, -0.2) is 41.8 Å². The predicted octanol–water partition coefficient (Wildman–Crippen LogP) is 3.46. The lowest BCUT2D eigenvalue weighted by atomic mass is 9.79. The Morgan fingerprint density at radius 1 is 1.12 bits per heavy atom. The molecule has 2 aromatic rings. The lowest BCUT2D eigenvalue weighted by Crippen LogP contribution is -2.71. The number of alkyl halides is 3. The summed E-state index contributed by atoms with van der Waals surface area (Å²) in [5, 5.41) is 6.29. The van der Waals surface area contributed by atoms with E-state index >= 15 is 0 Å². The highest BCUT2D eigenvalue weighted by molar-refractivity contribution is 6.19. The molecule has 0 saturated heterocycles. The molecule has 174 valence electrons. The van der Waals surface area contributed by atoms with Crippen molar-refractivity contribution in [2.45, 2.75) is 25.6 Å². The number of halogens is 4. The highest BCUT2D eigenvalue weighted by Crippen LogP contribution is 2.42. The number of esters is 1. The SMILES string of the molecule is CCOC(=O)[C@](NC(=O)c1cccc(F)c1)([C@@H]1C(=O)N(c2ccccc2)N=C1C)C(F)(F)F. The van der Waals surface area contributed by atoms with Crippen molar-refractivity contribution in [2.75, 3.05) is 11.6 Å². The number of benzene rings is 2. The van der Waals surface area contributed by atoms with Gasteiger partial charge in [-0.15, -0.1) is 0 Å². The summed E-state index contributed by atoms with van der Waals surface area (Å²) in [5.74, 6) is -7.62. The minimum absolute atomic E-state index is 0.167. The Morgan fingerprint density at radius 3 is 2.36 bits per heavy atom. The molecule has 0 aromatic heterocycles. The molecule has 0 bridgehead atoms. The number of nitrogens with zero attached hydrogens (tertiary/aromatic N) is 2. The van der Waals surface area contributed by atoms with Crippen molar-refractivity contribution in [1.29, 1.82) is 0 Å². The summed E-state index contributed by atoms with van der Waals surface area (Å²) in [5.41, 5.74) is -4.48. The monoisotopic (exact) mass is 465 g/mol. The molecule has 33 heavy (non-hydrogen) atoms. The number of rotatable bonds is 6. The maximum absolute atomic E-state index is 14.6. The molecule has 11 heteroatoms. The maximum atomic E-state index is 14.6. The molecule has 1 aliphatic rings. The quantitative estimate of drug-likeness (QED) is 0.523. The minimum Gasteiger partial charge on any atom is -0.464 e. The fourth-order valence-corrected chi connectivity index (χ4v) is 3.54. The van der Waals surface area contributed by atoms with Gasteiger partial charge in [0.2, 0.25) is 0 Å². The van der Waals surface area contributed by atoms with Crippen LogP contribution in [0.3, 0.4) is 0 Å². The van der Waals surface area contributed by atoms with Gasteiger partial charge in [0.05, 0.1) is 18.0 Å². The van der Waals surface area contributed by atoms with Crippen molar-refractivity contribution in [1.82, 2.24) is 5.32 Å². The molecule has 1 N–H and O–H groups in total. The molecule has 0 fully saturated rings. The third-order valence-corrected chi connectivity index (χ3v) is 5.01. The van der Waals surface area contributed by atoms with Crippen molar-refractivity contribution in [3.8, 4) is 0 Å². The standard InChI is InChI=1S/C22H19F4N3O4/c1-3-33-20(32)21(22(24,25)26,27-18(30)14-8-7-9-15(23)12-14)17-13(2)28-29(19(17)31)16-10-5-4-6-11-16/h4-12,17H,3H2,1-2H3,(H,27,30)/t17-,21+/m0/s1. The van der Waals surface area contributed by atoms with Gasteiger partial charge in [-0.25, -0.2) is 14.2 Å². The van der Waals surface area contributed by atoms with Crippen LogP contribution >= 0.6 is 0 Å². The van der Waals surface area contributed by atoms with Gasteiger partial charge in [-0.1, -0.05) is 24.3 Å². The van der Waals surface area contributed by atoms with E-state index in [1.54, 1.807) is 23.5 Å². The van der Waals surface area contributed by atoms with Crippen LogP contribution in [0.5, 0.6) is 0 Å². The number of para-hydroxylation sites is 1. The van der Waals surface area contributed by atoms with E-state index in [0.29, 0.717) is 6.07 Å². The summed E-state index contributed by atoms with van der Waals surface area (Å²) < 4.78 is 62.1. The van der Waals surface area contributed by atoms with Crippen LogP contribution in [0, 0.1) is 11.7 Å². The van der Waals surface area contributed by atoms with E-state index in [4.69, 9.17) is 0 Å². The molecular formula is C22H19F4N3O4. The Morgan fingerprint density at radius 2 is 1.79 bits per heavy atom. The fraction of sp³-hybridized carbons (Fsp3) is 0.273. The van der Waals surface area contributed by atoms with Crippen LogP contribution in [0.4, 0.5) is 23.2 Å². The third-order valence-electron chi connectivity index (χ3n) is 5.01. The van der Waals surface area contributed by atoms with Gasteiger partial charge in [0, 0.05) is 5.56 Å². The number of ether oxygens (including phenoxy) is 1. The number of hydrazone groups is 1. The summed E-state index contributed by atoms with van der Waals surface area (Å²) in [4.78, 5) is 38.7. The van der Waals surface area contributed by atoms with Gasteiger partial charge in [0.1, 0.15) is 11.7 Å². The molecule has 2 aromatic carbocycles. The van der Waals surface area contributed by atoms with Crippen molar-refractivity contribution in [3.63, 3.8) is 0 Å². The molecule has 0 aliphatic carbocycles. The number of anilines is 1. The normalized spacial score (nSPS) is 17.9. The molecule has 2 amide bonds. The van der Waals surface area contributed by atoms with Crippen LogP contribution < -0.4 is 10.3 Å². The molecule has 0 saturated carbocycles. The first-order valence-electron chi connectivity index (χ1n) is 9.79. The summed E-state index contributed by atoms with van der Waals surface area (Å²) in [7, 11) is 0. The summed E-state index contributed by atoms with van der Waals surface area (Å²) >= 11 is 0. The first-order valence-corrected chi connectivity index (χ1v) is 9.79. The molecule has 0 unspecified atom stereocenters. The predicted molar refractivity (Wildman–Crippen MR) is 110 cm³/mol. The zero-order chi connectivity index (χ0) is 24.4. The molecular weight excluding hydrogens is 446 g/mol. The molecule has 0 spiro atoms. The minimum atomic E-state index is -5.48. The van der Waals surface area contributed by atoms with Gasteiger partial charge < -0.3 is 10.1 Å². The largest absolute Gasteiger partial charge is 0.464 e. The molecule has 1 aliphatic heterocycles. The smallest absolute Gasteiger partial charge is 0.423 e. The molecule has 1 heterocycles. The Balaban J connectivity index is 2.14. The van der Waals surface area contributed by atoms with E-state index in [-0.39, 0.29) is 11.4 Å². The second-order valence-corrected chi connectivity index (χ2v) is 7.15. The van der Waals surface area contributed by atoms with E-state index in [1.165, 1.54) is 19.1 Å². The topological polar surface area (TPSA) is 88.1 Å². The first kappa shape index (κ1) is 23.9. The Hall–Kier alpha value is -3.76. The second-order valence-electron chi connectivity index (χ2n) is 7.15. The maximum Gasteiger partial charge on any atom is 0.423 e. The molecule has 3 rings (SSSR count). The van der Waals surface area contributed by atoms with Gasteiger partial charge in [-0.2, -0.15) is 18.3 Å². The highest BCUT2D eigenvalue weighted by Gasteiger charge is 2.71. The lowest BCUT2D eigenvalue weighted by Gasteiger charge is -2.37. The van der Waals surface area contributed by atoms with E-state index < -0.39 is 53.4 Å². The number of hydrogen-bond acceptors (Lipinski definition) is 5. The average molecular weight is 465 g/mol. The van der Waals surface area contributed by atoms with Crippen LogP contribution in [0.2, 0.25) is 0 Å². The first-order chi connectivity index (χ1) is 15.5. The fourth-order valence-electron chi connectivity index (χ4n) is 3.54. The van der Waals surface area contributed by atoms with Gasteiger partial charge in [0.25, 0.3) is 17.4 Å². The average Bonchev–Trinajstić information content (AvgIpc) is 3.06. The van der Waals surface area contributed by atoms with Crippen molar-refractivity contribution < 1.29 is 36.7 Å². The molecule has 0 radical (unpaired) electrons. The van der Waals surface area contributed by atoms with Gasteiger partial charge in [-0.05, 0) is 44.2 Å². The number of nitrogens with one attached hydrogen (secondary N) is 1. The zero-order valence-corrected chi connectivity index (χ0v) is 17.5. The van der Waals surface area contributed by atoms with E-state index in [9.17, 15) is 31.9 Å². The Kier molecular flexibility index (Phi) is 6.52. The summed E-state index contributed by atoms with van der Waals surface area (Å²) in [6, 6.07) is 11.5.